The Bertz CT molecular complexity index is 845. The number of carbonyl (C=O) groups excluding carboxylic acids is 2. The summed E-state index contributed by atoms with van der Waals surface area (Å²) in [5, 5.41) is 5.93. The number of carbonyl (C=O) groups is 2. The molecule has 2 aromatic rings. The lowest BCUT2D eigenvalue weighted by molar-refractivity contribution is -0.118. The zero-order valence-electron chi connectivity index (χ0n) is 17.2. The van der Waals surface area contributed by atoms with Gasteiger partial charge in [0, 0.05) is 30.4 Å². The van der Waals surface area contributed by atoms with Crippen molar-refractivity contribution in [2.45, 2.75) is 6.42 Å². The van der Waals surface area contributed by atoms with Crippen LogP contribution in [0.5, 0.6) is 11.5 Å². The summed E-state index contributed by atoms with van der Waals surface area (Å²) >= 11 is 0. The maximum absolute atomic E-state index is 12.6. The molecule has 3 rings (SSSR count). The van der Waals surface area contributed by atoms with E-state index in [9.17, 15) is 9.59 Å². The van der Waals surface area contributed by atoms with Gasteiger partial charge in [-0.25, -0.2) is 0 Å². The molecule has 1 atom stereocenters. The summed E-state index contributed by atoms with van der Waals surface area (Å²) in [6.45, 7) is 2.37. The van der Waals surface area contributed by atoms with E-state index in [4.69, 9.17) is 9.47 Å². The van der Waals surface area contributed by atoms with E-state index in [1.165, 1.54) is 0 Å². The number of halogens is 1. The fourth-order valence-electron chi connectivity index (χ4n) is 3.40. The van der Waals surface area contributed by atoms with Gasteiger partial charge in [0.15, 0.2) is 6.61 Å². The summed E-state index contributed by atoms with van der Waals surface area (Å²) in [7, 11) is 3.50. The Morgan fingerprint density at radius 1 is 1.13 bits per heavy atom. The van der Waals surface area contributed by atoms with Crippen LogP contribution in [-0.4, -0.2) is 57.1 Å². The molecule has 7 nitrogen and oxygen atoms in total. The summed E-state index contributed by atoms with van der Waals surface area (Å²) in [5.41, 5.74) is 1.27. The molecule has 1 aliphatic heterocycles. The molecule has 2 N–H and O–H groups in total. The van der Waals surface area contributed by atoms with Crippen molar-refractivity contribution >= 4 is 29.9 Å². The molecule has 0 spiro atoms. The summed E-state index contributed by atoms with van der Waals surface area (Å²) in [6, 6.07) is 14.0. The second-order valence-electron chi connectivity index (χ2n) is 7.06. The maximum Gasteiger partial charge on any atom is 0.262 e. The van der Waals surface area contributed by atoms with Gasteiger partial charge in [-0.3, -0.25) is 9.59 Å². The molecule has 1 saturated heterocycles. The Labute approximate surface area is 183 Å². The zero-order chi connectivity index (χ0) is 20.6. The first kappa shape index (κ1) is 23.5. The second kappa shape index (κ2) is 11.4. The zero-order valence-corrected chi connectivity index (χ0v) is 18.0. The highest BCUT2D eigenvalue weighted by Gasteiger charge is 2.26. The van der Waals surface area contributed by atoms with Gasteiger partial charge < -0.3 is 25.0 Å². The Morgan fingerprint density at radius 3 is 2.60 bits per heavy atom. The summed E-state index contributed by atoms with van der Waals surface area (Å²) in [4.78, 5) is 26.6. The molecule has 0 bridgehead atoms. The van der Waals surface area contributed by atoms with Gasteiger partial charge >= 0.3 is 0 Å². The number of anilines is 1. The topological polar surface area (TPSA) is 79.9 Å². The Hall–Kier alpha value is -2.77. The SMILES string of the molecule is CNCC1CCN(C(=O)c2ccc(OCC(=O)Nc3cccc(OC)c3)cc2)C1.Cl. The molecule has 0 aliphatic carbocycles. The number of methoxy groups -OCH3 is 1. The Kier molecular flexibility index (Phi) is 8.95. The maximum atomic E-state index is 12.6. The first-order valence-corrected chi connectivity index (χ1v) is 9.69. The number of nitrogens with zero attached hydrogens (tertiary/aromatic N) is 1. The average molecular weight is 434 g/mol. The van der Waals surface area contributed by atoms with Crippen LogP contribution in [0.1, 0.15) is 16.8 Å². The van der Waals surface area contributed by atoms with Crippen molar-refractivity contribution in [3.05, 3.63) is 54.1 Å². The van der Waals surface area contributed by atoms with Crippen LogP contribution in [0.15, 0.2) is 48.5 Å². The van der Waals surface area contributed by atoms with Crippen molar-refractivity contribution in [3.63, 3.8) is 0 Å². The molecule has 1 unspecified atom stereocenters. The van der Waals surface area contributed by atoms with Gasteiger partial charge in [-0.15, -0.1) is 12.4 Å². The number of rotatable bonds is 8. The van der Waals surface area contributed by atoms with Gasteiger partial charge in [0.2, 0.25) is 0 Å². The van der Waals surface area contributed by atoms with E-state index in [0.717, 1.165) is 26.1 Å². The Balaban J connectivity index is 0.00000320. The standard InChI is InChI=1S/C22H27N3O4.ClH/c1-23-13-16-10-11-25(14-16)22(27)17-6-8-19(9-7-17)29-15-21(26)24-18-4-3-5-20(12-18)28-2;/h3-9,12,16,23H,10-11,13-15H2,1-2H3,(H,24,26);1H. The number of hydrogen-bond acceptors (Lipinski definition) is 5. The predicted molar refractivity (Wildman–Crippen MR) is 119 cm³/mol. The van der Waals surface area contributed by atoms with Gasteiger partial charge in [0.1, 0.15) is 11.5 Å². The monoisotopic (exact) mass is 433 g/mol. The van der Waals surface area contributed by atoms with E-state index < -0.39 is 0 Å². The van der Waals surface area contributed by atoms with Crippen LogP contribution in [-0.2, 0) is 4.79 Å². The Morgan fingerprint density at radius 2 is 1.90 bits per heavy atom. The first-order valence-electron chi connectivity index (χ1n) is 9.69. The minimum atomic E-state index is -0.272. The van der Waals surface area contributed by atoms with Gasteiger partial charge in [-0.05, 0) is 62.3 Å². The molecule has 162 valence electrons. The number of nitrogens with one attached hydrogen (secondary N) is 2. The average Bonchev–Trinajstić information content (AvgIpc) is 3.21. The molecule has 0 saturated carbocycles. The fraction of sp³-hybridized carbons (Fsp3) is 0.364. The molecule has 30 heavy (non-hydrogen) atoms. The number of hydrogen-bond donors (Lipinski definition) is 2. The molecule has 1 aliphatic rings. The third-order valence-electron chi connectivity index (χ3n) is 4.89. The van der Waals surface area contributed by atoms with E-state index in [0.29, 0.717) is 28.7 Å². The van der Waals surface area contributed by atoms with E-state index in [2.05, 4.69) is 10.6 Å². The lowest BCUT2D eigenvalue weighted by Crippen LogP contribution is -2.30. The number of ether oxygens (including phenoxy) is 2. The summed E-state index contributed by atoms with van der Waals surface area (Å²) in [5.74, 6) is 1.47. The van der Waals surface area contributed by atoms with E-state index in [1.807, 2.05) is 11.9 Å². The molecule has 0 aromatic heterocycles. The normalized spacial score (nSPS) is 15.3. The number of amides is 2. The van der Waals surface area contributed by atoms with Crippen LogP contribution < -0.4 is 20.1 Å². The highest BCUT2D eigenvalue weighted by molar-refractivity contribution is 5.94. The van der Waals surface area contributed by atoms with Gasteiger partial charge in [-0.2, -0.15) is 0 Å². The van der Waals surface area contributed by atoms with Crippen molar-refractivity contribution in [2.75, 3.05) is 45.7 Å². The molecule has 1 fully saturated rings. The first-order chi connectivity index (χ1) is 14.1. The third kappa shape index (κ3) is 6.37. The summed E-state index contributed by atoms with van der Waals surface area (Å²) in [6.07, 6.45) is 1.02. The summed E-state index contributed by atoms with van der Waals surface area (Å²) < 4.78 is 10.7. The van der Waals surface area contributed by atoms with Crippen molar-refractivity contribution in [2.24, 2.45) is 5.92 Å². The molecule has 2 amide bonds. The molecule has 2 aromatic carbocycles. The lowest BCUT2D eigenvalue weighted by Gasteiger charge is -2.17. The van der Waals surface area contributed by atoms with Crippen molar-refractivity contribution in [1.82, 2.24) is 10.2 Å². The number of likely N-dealkylation sites (tertiary alicyclic amines) is 1. The van der Waals surface area contributed by atoms with Crippen LogP contribution in [0.3, 0.4) is 0 Å². The number of benzene rings is 2. The smallest absolute Gasteiger partial charge is 0.262 e. The fourth-order valence-corrected chi connectivity index (χ4v) is 3.40. The predicted octanol–water partition coefficient (Wildman–Crippen LogP) is 2.82. The minimum absolute atomic E-state index is 0. The molecule has 0 radical (unpaired) electrons. The van der Waals surface area contributed by atoms with Crippen LogP contribution in [0.25, 0.3) is 0 Å². The van der Waals surface area contributed by atoms with Gasteiger partial charge in [0.05, 0.1) is 7.11 Å². The largest absolute Gasteiger partial charge is 0.497 e. The van der Waals surface area contributed by atoms with Crippen LogP contribution >= 0.6 is 12.4 Å². The minimum Gasteiger partial charge on any atom is -0.497 e. The molecule has 1 heterocycles. The van der Waals surface area contributed by atoms with Crippen LogP contribution in [0.2, 0.25) is 0 Å². The third-order valence-corrected chi connectivity index (χ3v) is 4.89. The van der Waals surface area contributed by atoms with E-state index in [-0.39, 0.29) is 30.8 Å². The van der Waals surface area contributed by atoms with Gasteiger partial charge in [-0.1, -0.05) is 6.07 Å². The van der Waals surface area contributed by atoms with E-state index in [1.54, 1.807) is 55.6 Å². The molecule has 8 heteroatoms. The quantitative estimate of drug-likeness (QED) is 0.669. The van der Waals surface area contributed by atoms with Crippen LogP contribution in [0, 0.1) is 5.92 Å². The highest BCUT2D eigenvalue weighted by Crippen LogP contribution is 2.20. The van der Waals surface area contributed by atoms with Crippen molar-refractivity contribution in [3.8, 4) is 11.5 Å². The van der Waals surface area contributed by atoms with Crippen molar-refractivity contribution in [1.29, 1.82) is 0 Å². The lowest BCUT2D eigenvalue weighted by atomic mass is 10.1. The second-order valence-corrected chi connectivity index (χ2v) is 7.06. The van der Waals surface area contributed by atoms with Gasteiger partial charge in [0.25, 0.3) is 11.8 Å². The molecular formula is C22H28ClN3O4. The van der Waals surface area contributed by atoms with E-state index >= 15 is 0 Å². The van der Waals surface area contributed by atoms with Crippen molar-refractivity contribution < 1.29 is 19.1 Å². The highest BCUT2D eigenvalue weighted by atomic mass is 35.5. The molecular weight excluding hydrogens is 406 g/mol. The van der Waals surface area contributed by atoms with Crippen LogP contribution in [0.4, 0.5) is 5.69 Å².